The van der Waals surface area contributed by atoms with Crippen LogP contribution in [0.25, 0.3) is 0 Å². The second kappa shape index (κ2) is 5.66. The number of thioether (sulfide) groups is 1. The highest BCUT2D eigenvalue weighted by Gasteiger charge is 2.15. The van der Waals surface area contributed by atoms with E-state index in [4.69, 9.17) is 10.5 Å². The molecule has 2 heterocycles. The van der Waals surface area contributed by atoms with Gasteiger partial charge in [0.15, 0.2) is 0 Å². The lowest BCUT2D eigenvalue weighted by Gasteiger charge is -2.09. The molecular formula is C12H18N2OS. The van der Waals surface area contributed by atoms with E-state index < -0.39 is 0 Å². The van der Waals surface area contributed by atoms with Crippen LogP contribution in [0.1, 0.15) is 31.5 Å². The molecule has 88 valence electrons. The van der Waals surface area contributed by atoms with Gasteiger partial charge in [-0.1, -0.05) is 0 Å². The second-order valence-electron chi connectivity index (χ2n) is 4.15. The molecule has 2 N–H and O–H groups in total. The first kappa shape index (κ1) is 11.9. The van der Waals surface area contributed by atoms with E-state index in [1.54, 1.807) is 0 Å². The largest absolute Gasteiger partial charge is 0.377 e. The minimum atomic E-state index is 0.0113. The molecule has 1 aliphatic rings. The summed E-state index contributed by atoms with van der Waals surface area (Å²) in [4.78, 5) is 5.53. The van der Waals surface area contributed by atoms with Gasteiger partial charge in [-0.2, -0.15) is 0 Å². The first-order valence-corrected chi connectivity index (χ1v) is 6.70. The van der Waals surface area contributed by atoms with Crippen LogP contribution in [0.2, 0.25) is 0 Å². The summed E-state index contributed by atoms with van der Waals surface area (Å²) in [5.41, 5.74) is 6.69. The zero-order valence-electron chi connectivity index (χ0n) is 9.56. The van der Waals surface area contributed by atoms with E-state index in [9.17, 15) is 0 Å². The third-order valence-corrected chi connectivity index (χ3v) is 3.80. The molecule has 1 fully saturated rings. The van der Waals surface area contributed by atoms with Crippen molar-refractivity contribution in [3.8, 4) is 0 Å². The Hall–Kier alpha value is -0.580. The Balaban J connectivity index is 1.84. The molecule has 1 saturated heterocycles. The van der Waals surface area contributed by atoms with E-state index in [0.717, 1.165) is 18.1 Å². The Kier molecular flexibility index (Phi) is 4.21. The van der Waals surface area contributed by atoms with Crippen molar-refractivity contribution in [2.24, 2.45) is 5.73 Å². The van der Waals surface area contributed by atoms with Gasteiger partial charge in [-0.25, -0.2) is 0 Å². The quantitative estimate of drug-likeness (QED) is 0.818. The van der Waals surface area contributed by atoms with Crippen LogP contribution in [0.3, 0.4) is 0 Å². The highest BCUT2D eigenvalue weighted by Crippen LogP contribution is 2.23. The maximum absolute atomic E-state index is 5.75. The van der Waals surface area contributed by atoms with Gasteiger partial charge in [-0.15, -0.1) is 11.8 Å². The van der Waals surface area contributed by atoms with Gasteiger partial charge in [0, 0.05) is 29.5 Å². The first-order valence-electron chi connectivity index (χ1n) is 5.71. The number of hydrogen-bond donors (Lipinski definition) is 1. The molecule has 0 saturated carbocycles. The number of hydrogen-bond acceptors (Lipinski definition) is 4. The Morgan fingerprint density at radius 2 is 2.50 bits per heavy atom. The fourth-order valence-corrected chi connectivity index (χ4v) is 2.64. The SMILES string of the molecule is C[C@@H](N)c1ccc(SCC2CCCO2)cn1. The number of nitrogens with two attached hydrogens (primary N) is 1. The summed E-state index contributed by atoms with van der Waals surface area (Å²) in [6.45, 7) is 2.87. The number of pyridine rings is 1. The van der Waals surface area contributed by atoms with E-state index in [1.165, 1.54) is 17.7 Å². The van der Waals surface area contributed by atoms with Crippen LogP contribution in [0.5, 0.6) is 0 Å². The average molecular weight is 238 g/mol. The van der Waals surface area contributed by atoms with Crippen molar-refractivity contribution in [3.63, 3.8) is 0 Å². The van der Waals surface area contributed by atoms with Crippen LogP contribution in [-0.2, 0) is 4.74 Å². The third-order valence-electron chi connectivity index (χ3n) is 2.69. The molecule has 2 atom stereocenters. The zero-order chi connectivity index (χ0) is 11.4. The smallest absolute Gasteiger partial charge is 0.0669 e. The Bertz CT molecular complexity index is 320. The molecule has 1 aromatic rings. The van der Waals surface area contributed by atoms with Crippen molar-refractivity contribution < 1.29 is 4.74 Å². The summed E-state index contributed by atoms with van der Waals surface area (Å²) < 4.78 is 5.58. The van der Waals surface area contributed by atoms with Crippen molar-refractivity contribution in [3.05, 3.63) is 24.0 Å². The molecule has 0 bridgehead atoms. The van der Waals surface area contributed by atoms with Gasteiger partial charge >= 0.3 is 0 Å². The summed E-state index contributed by atoms with van der Waals surface area (Å²) in [5, 5.41) is 0. The van der Waals surface area contributed by atoms with Crippen molar-refractivity contribution >= 4 is 11.8 Å². The van der Waals surface area contributed by atoms with Gasteiger partial charge in [0.2, 0.25) is 0 Å². The average Bonchev–Trinajstić information content (AvgIpc) is 2.80. The lowest BCUT2D eigenvalue weighted by atomic mass is 10.2. The van der Waals surface area contributed by atoms with Gasteiger partial charge in [-0.3, -0.25) is 4.98 Å². The van der Waals surface area contributed by atoms with E-state index in [0.29, 0.717) is 6.10 Å². The third kappa shape index (κ3) is 3.20. The first-order chi connectivity index (χ1) is 7.75. The molecule has 0 amide bonds. The van der Waals surface area contributed by atoms with E-state index >= 15 is 0 Å². The highest BCUT2D eigenvalue weighted by molar-refractivity contribution is 7.99. The van der Waals surface area contributed by atoms with Crippen LogP contribution >= 0.6 is 11.8 Å². The highest BCUT2D eigenvalue weighted by atomic mass is 32.2. The molecule has 16 heavy (non-hydrogen) atoms. The second-order valence-corrected chi connectivity index (χ2v) is 5.25. The molecule has 1 aliphatic heterocycles. The monoisotopic (exact) mass is 238 g/mol. The molecule has 3 nitrogen and oxygen atoms in total. The molecule has 0 spiro atoms. The Morgan fingerprint density at radius 3 is 3.06 bits per heavy atom. The standard InChI is InChI=1S/C12H18N2OS/c1-9(13)12-5-4-11(7-14-12)16-8-10-3-2-6-15-10/h4-5,7,9-10H,2-3,6,8,13H2,1H3/t9-,10?/m1/s1. The zero-order valence-corrected chi connectivity index (χ0v) is 10.4. The molecule has 1 unspecified atom stereocenters. The van der Waals surface area contributed by atoms with E-state index in [1.807, 2.05) is 30.9 Å². The van der Waals surface area contributed by atoms with Gasteiger partial charge in [0.1, 0.15) is 0 Å². The maximum atomic E-state index is 5.75. The summed E-state index contributed by atoms with van der Waals surface area (Å²) in [6.07, 6.45) is 4.72. The Labute approximate surface area is 101 Å². The maximum Gasteiger partial charge on any atom is 0.0669 e. The minimum Gasteiger partial charge on any atom is -0.377 e. The minimum absolute atomic E-state index is 0.0113. The van der Waals surface area contributed by atoms with E-state index in [2.05, 4.69) is 11.1 Å². The summed E-state index contributed by atoms with van der Waals surface area (Å²) in [5.74, 6) is 1.03. The summed E-state index contributed by atoms with van der Waals surface area (Å²) in [7, 11) is 0. The molecule has 2 rings (SSSR count). The van der Waals surface area contributed by atoms with Crippen molar-refractivity contribution in [2.45, 2.75) is 36.8 Å². The predicted octanol–water partition coefficient (Wildman–Crippen LogP) is 2.37. The number of aromatic nitrogens is 1. The number of nitrogens with zero attached hydrogens (tertiary/aromatic N) is 1. The van der Waals surface area contributed by atoms with Crippen LogP contribution < -0.4 is 5.73 Å². The number of rotatable bonds is 4. The van der Waals surface area contributed by atoms with Crippen LogP contribution in [-0.4, -0.2) is 23.4 Å². The molecule has 4 heteroatoms. The van der Waals surface area contributed by atoms with Crippen molar-refractivity contribution in [1.29, 1.82) is 0 Å². The predicted molar refractivity (Wildman–Crippen MR) is 66.5 cm³/mol. The van der Waals surface area contributed by atoms with Crippen molar-refractivity contribution in [1.82, 2.24) is 4.98 Å². The normalized spacial score (nSPS) is 22.2. The van der Waals surface area contributed by atoms with Crippen LogP contribution in [0.15, 0.2) is 23.2 Å². The van der Waals surface area contributed by atoms with Crippen molar-refractivity contribution in [2.75, 3.05) is 12.4 Å². The van der Waals surface area contributed by atoms with Gasteiger partial charge < -0.3 is 10.5 Å². The molecule has 0 radical (unpaired) electrons. The van der Waals surface area contributed by atoms with Gasteiger partial charge in [-0.05, 0) is 31.9 Å². The fraction of sp³-hybridized carbons (Fsp3) is 0.583. The topological polar surface area (TPSA) is 48.1 Å². The molecule has 0 aliphatic carbocycles. The summed E-state index contributed by atoms with van der Waals surface area (Å²) >= 11 is 1.81. The van der Waals surface area contributed by atoms with Crippen LogP contribution in [0, 0.1) is 0 Å². The fourth-order valence-electron chi connectivity index (χ4n) is 1.71. The molecule has 1 aromatic heterocycles. The number of ether oxygens (including phenoxy) is 1. The van der Waals surface area contributed by atoms with E-state index in [-0.39, 0.29) is 6.04 Å². The lowest BCUT2D eigenvalue weighted by Crippen LogP contribution is -2.08. The van der Waals surface area contributed by atoms with Gasteiger partial charge in [0.25, 0.3) is 0 Å². The molecular weight excluding hydrogens is 220 g/mol. The molecule has 0 aromatic carbocycles. The van der Waals surface area contributed by atoms with Crippen LogP contribution in [0.4, 0.5) is 0 Å². The Morgan fingerprint density at radius 1 is 1.62 bits per heavy atom. The lowest BCUT2D eigenvalue weighted by molar-refractivity contribution is 0.129. The van der Waals surface area contributed by atoms with Gasteiger partial charge in [0.05, 0.1) is 11.8 Å². The summed E-state index contributed by atoms with van der Waals surface area (Å²) in [6, 6.07) is 4.10.